The summed E-state index contributed by atoms with van der Waals surface area (Å²) in [5.41, 5.74) is 0. The lowest BCUT2D eigenvalue weighted by Crippen LogP contribution is -2.47. The van der Waals surface area contributed by atoms with Crippen LogP contribution in [0, 0.1) is 41.4 Å². The van der Waals surface area contributed by atoms with Crippen molar-refractivity contribution in [1.29, 1.82) is 0 Å². The Labute approximate surface area is 188 Å². The van der Waals surface area contributed by atoms with Gasteiger partial charge in [0, 0.05) is 0 Å². The fourth-order valence-corrected chi connectivity index (χ4v) is 7.88. The minimum atomic E-state index is -0.891. The Kier molecular flexibility index (Phi) is 7.00. The van der Waals surface area contributed by atoms with Crippen molar-refractivity contribution in [3.05, 3.63) is 0 Å². The molecule has 0 aromatic carbocycles. The predicted molar refractivity (Wildman–Crippen MR) is 120 cm³/mol. The molecule has 0 amide bonds. The second-order valence-electron chi connectivity index (χ2n) is 12.4. The maximum absolute atomic E-state index is 13.3. The van der Waals surface area contributed by atoms with Gasteiger partial charge in [0.2, 0.25) is 0 Å². The molecule has 0 heterocycles. The number of hydrogen-bond acceptors (Lipinski definition) is 3. The first-order valence-electron chi connectivity index (χ1n) is 12.9. The van der Waals surface area contributed by atoms with Gasteiger partial charge < -0.3 is 14.3 Å². The summed E-state index contributed by atoms with van der Waals surface area (Å²) in [5.74, 6) is 3.70. The minimum absolute atomic E-state index is 0.0208. The SMILES string of the molecule is C[N+](C)(C)C[C@@H](CC(=O)O)OC(=O)C1CCCC2CC3CC4CCCCC4CC3CC21. The van der Waals surface area contributed by atoms with Crippen LogP contribution in [0.1, 0.15) is 77.0 Å². The Morgan fingerprint density at radius 2 is 1.42 bits per heavy atom. The number of carbonyl (C=O) groups excluding carboxylic acids is 1. The maximum Gasteiger partial charge on any atom is 0.309 e. The number of carboxylic acid groups (broad SMARTS) is 1. The molecule has 1 N–H and O–H groups in total. The van der Waals surface area contributed by atoms with Crippen molar-refractivity contribution in [2.75, 3.05) is 27.7 Å². The minimum Gasteiger partial charge on any atom is -0.481 e. The first-order valence-corrected chi connectivity index (χ1v) is 12.9. The van der Waals surface area contributed by atoms with Crippen LogP contribution in [0.3, 0.4) is 0 Å². The molecule has 176 valence electrons. The Hall–Kier alpha value is -1.10. The number of likely N-dealkylation sites (N-methyl/N-ethyl adjacent to an activating group) is 1. The Morgan fingerprint density at radius 3 is 2.03 bits per heavy atom. The molecule has 31 heavy (non-hydrogen) atoms. The topological polar surface area (TPSA) is 63.6 Å². The van der Waals surface area contributed by atoms with Crippen molar-refractivity contribution in [3.63, 3.8) is 0 Å². The number of ether oxygens (including phenoxy) is 1. The van der Waals surface area contributed by atoms with Crippen molar-refractivity contribution in [2.24, 2.45) is 41.4 Å². The number of fused-ring (bicyclic) bond motifs is 3. The molecule has 5 nitrogen and oxygen atoms in total. The molecule has 0 saturated heterocycles. The van der Waals surface area contributed by atoms with Gasteiger partial charge in [0.1, 0.15) is 6.54 Å². The normalized spacial score (nSPS) is 38.9. The van der Waals surface area contributed by atoms with E-state index in [-0.39, 0.29) is 18.3 Å². The Bertz CT molecular complexity index is 656. The number of esters is 1. The molecule has 4 saturated carbocycles. The fourth-order valence-electron chi connectivity index (χ4n) is 7.88. The highest BCUT2D eigenvalue weighted by molar-refractivity contribution is 5.74. The summed E-state index contributed by atoms with van der Waals surface area (Å²) in [4.78, 5) is 24.7. The van der Waals surface area contributed by atoms with Crippen molar-refractivity contribution in [2.45, 2.75) is 83.2 Å². The van der Waals surface area contributed by atoms with Gasteiger partial charge in [-0.25, -0.2) is 0 Å². The van der Waals surface area contributed by atoms with E-state index in [0.29, 0.717) is 22.9 Å². The highest BCUT2D eigenvalue weighted by atomic mass is 16.5. The van der Waals surface area contributed by atoms with Gasteiger partial charge in [-0.1, -0.05) is 38.5 Å². The van der Waals surface area contributed by atoms with Gasteiger partial charge in [0.15, 0.2) is 6.10 Å². The van der Waals surface area contributed by atoms with Gasteiger partial charge in [-0.15, -0.1) is 0 Å². The van der Waals surface area contributed by atoms with Crippen molar-refractivity contribution in [3.8, 4) is 0 Å². The first-order chi connectivity index (χ1) is 14.7. The molecule has 8 atom stereocenters. The van der Waals surface area contributed by atoms with Crippen LogP contribution in [0.5, 0.6) is 0 Å². The third kappa shape index (κ3) is 5.64. The summed E-state index contributed by atoms with van der Waals surface area (Å²) in [5, 5.41) is 9.32. The summed E-state index contributed by atoms with van der Waals surface area (Å²) < 4.78 is 6.50. The standard InChI is InChI=1S/C26H43NO4/c1-27(2,3)16-22(15-25(28)29)31-26(30)23-10-6-9-19-13-20-11-17-7-4-5-8-18(17)12-21(20)14-24(19)23/h17-24H,4-16H2,1-3H3/p+1/t17?,18?,19?,20?,21?,22-,23?,24?/m1/s1. The van der Waals surface area contributed by atoms with Crippen LogP contribution in [0.25, 0.3) is 0 Å². The van der Waals surface area contributed by atoms with Crippen LogP contribution in [-0.2, 0) is 14.3 Å². The molecular formula is C26H44NO4+. The Balaban J connectivity index is 1.41. The molecule has 0 bridgehead atoms. The number of rotatable bonds is 6. The molecule has 5 heteroatoms. The first kappa shape index (κ1) is 23.1. The zero-order valence-corrected chi connectivity index (χ0v) is 19.9. The molecule has 0 aliphatic heterocycles. The lowest BCUT2D eigenvalue weighted by molar-refractivity contribution is -0.873. The van der Waals surface area contributed by atoms with Crippen molar-refractivity contribution in [1.82, 2.24) is 0 Å². The monoisotopic (exact) mass is 434 g/mol. The molecule has 0 radical (unpaired) electrons. The third-order valence-electron chi connectivity index (χ3n) is 9.08. The summed E-state index contributed by atoms with van der Waals surface area (Å²) in [6, 6.07) is 0. The highest BCUT2D eigenvalue weighted by Crippen LogP contribution is 2.56. The molecule has 4 fully saturated rings. The van der Waals surface area contributed by atoms with E-state index in [4.69, 9.17) is 4.74 Å². The summed E-state index contributed by atoms with van der Waals surface area (Å²) in [6.45, 7) is 0.534. The number of nitrogens with zero attached hydrogens (tertiary/aromatic N) is 1. The van der Waals surface area contributed by atoms with E-state index in [1.165, 1.54) is 57.8 Å². The van der Waals surface area contributed by atoms with E-state index in [9.17, 15) is 14.7 Å². The molecule has 4 rings (SSSR count). The van der Waals surface area contributed by atoms with Crippen LogP contribution < -0.4 is 0 Å². The average molecular weight is 435 g/mol. The molecular weight excluding hydrogens is 390 g/mol. The molecule has 4 aliphatic carbocycles. The van der Waals surface area contributed by atoms with Crippen molar-refractivity contribution < 1.29 is 23.9 Å². The van der Waals surface area contributed by atoms with Crippen LogP contribution in [0.2, 0.25) is 0 Å². The molecule has 4 aliphatic rings. The quantitative estimate of drug-likeness (QED) is 0.484. The average Bonchev–Trinajstić information content (AvgIpc) is 2.68. The van der Waals surface area contributed by atoms with Crippen LogP contribution in [-0.4, -0.2) is 55.3 Å². The highest BCUT2D eigenvalue weighted by Gasteiger charge is 2.48. The summed E-state index contributed by atoms with van der Waals surface area (Å²) >= 11 is 0. The van der Waals surface area contributed by atoms with E-state index in [2.05, 4.69) is 0 Å². The van der Waals surface area contributed by atoms with Gasteiger partial charge in [0.05, 0.1) is 33.5 Å². The summed E-state index contributed by atoms with van der Waals surface area (Å²) in [7, 11) is 6.05. The van der Waals surface area contributed by atoms with E-state index in [1.807, 2.05) is 21.1 Å². The van der Waals surface area contributed by atoms with Gasteiger partial charge in [0.25, 0.3) is 0 Å². The van der Waals surface area contributed by atoms with Crippen molar-refractivity contribution >= 4 is 11.9 Å². The van der Waals surface area contributed by atoms with E-state index < -0.39 is 12.1 Å². The van der Waals surface area contributed by atoms with Gasteiger partial charge in [-0.3, -0.25) is 9.59 Å². The number of carboxylic acids is 1. The molecule has 0 aromatic heterocycles. The fraction of sp³-hybridized carbons (Fsp3) is 0.923. The second kappa shape index (κ2) is 9.41. The van der Waals surface area contributed by atoms with E-state index in [1.54, 1.807) is 0 Å². The molecule has 7 unspecified atom stereocenters. The Morgan fingerprint density at radius 1 is 0.839 bits per heavy atom. The molecule has 0 spiro atoms. The predicted octanol–water partition coefficient (Wildman–Crippen LogP) is 4.74. The second-order valence-corrected chi connectivity index (χ2v) is 12.4. The third-order valence-corrected chi connectivity index (χ3v) is 9.08. The largest absolute Gasteiger partial charge is 0.481 e. The van der Waals surface area contributed by atoms with Gasteiger partial charge >= 0.3 is 11.9 Å². The lowest BCUT2D eigenvalue weighted by atomic mass is 9.53. The van der Waals surface area contributed by atoms with E-state index in [0.717, 1.165) is 36.5 Å². The molecule has 0 aromatic rings. The maximum atomic E-state index is 13.3. The van der Waals surface area contributed by atoms with Crippen LogP contribution in [0.4, 0.5) is 0 Å². The van der Waals surface area contributed by atoms with E-state index >= 15 is 0 Å². The summed E-state index contributed by atoms with van der Waals surface area (Å²) in [6.07, 6.45) is 13.7. The van der Waals surface area contributed by atoms with Crippen LogP contribution in [0.15, 0.2) is 0 Å². The number of carbonyl (C=O) groups is 2. The van der Waals surface area contributed by atoms with Gasteiger partial charge in [-0.2, -0.15) is 0 Å². The van der Waals surface area contributed by atoms with Crippen LogP contribution >= 0.6 is 0 Å². The lowest BCUT2D eigenvalue weighted by Gasteiger charge is -2.52. The smallest absolute Gasteiger partial charge is 0.309 e. The van der Waals surface area contributed by atoms with Gasteiger partial charge in [-0.05, 0) is 67.6 Å². The number of quaternary nitrogens is 1. The number of aliphatic carboxylic acids is 1. The zero-order chi connectivity index (χ0) is 22.2. The number of hydrogen-bond donors (Lipinski definition) is 1. The zero-order valence-electron chi connectivity index (χ0n) is 19.9.